The molecule has 70 valence electrons. The molecule has 2 aromatic rings. The van der Waals surface area contributed by atoms with E-state index in [0.717, 1.165) is 0 Å². The van der Waals surface area contributed by atoms with Crippen LogP contribution in [0.25, 0.3) is 11.3 Å². The molecule has 1 aromatic heterocycles. The van der Waals surface area contributed by atoms with Crippen LogP contribution in [-0.2, 0) is 0 Å². The molecular weight excluding hydrogens is 183 g/mol. The summed E-state index contributed by atoms with van der Waals surface area (Å²) in [7, 11) is 0. The van der Waals surface area contributed by atoms with Crippen molar-refractivity contribution >= 4 is 6.29 Å². The number of H-pyrrole nitrogens is 1. The molecule has 2 rings (SSSR count). The molecule has 0 saturated heterocycles. The number of halogens is 1. The van der Waals surface area contributed by atoms with Gasteiger partial charge in [0, 0.05) is 5.56 Å². The van der Waals surface area contributed by atoms with Gasteiger partial charge in [-0.15, -0.1) is 0 Å². The number of aromatic nitrogens is 2. The zero-order valence-electron chi connectivity index (χ0n) is 7.20. The number of benzene rings is 1. The van der Waals surface area contributed by atoms with Gasteiger partial charge in [0.1, 0.15) is 11.5 Å². The predicted octanol–water partition coefficient (Wildman–Crippen LogP) is 2.03. The maximum Gasteiger partial charge on any atom is 0.168 e. The highest BCUT2D eigenvalue weighted by Gasteiger charge is 2.07. The number of rotatable bonds is 2. The highest BCUT2D eigenvalue weighted by Crippen LogP contribution is 2.19. The first-order valence-electron chi connectivity index (χ1n) is 4.06. The molecule has 0 saturated carbocycles. The average Bonchev–Trinajstić information content (AvgIpc) is 2.65. The van der Waals surface area contributed by atoms with E-state index < -0.39 is 0 Å². The lowest BCUT2D eigenvalue weighted by molar-refractivity contribution is 0.112. The minimum Gasteiger partial charge on any atom is -0.342 e. The van der Waals surface area contributed by atoms with E-state index in [1.165, 1.54) is 18.5 Å². The molecule has 0 atom stereocenters. The summed E-state index contributed by atoms with van der Waals surface area (Å²) in [5.41, 5.74) is 1.42. The second kappa shape index (κ2) is 3.41. The third kappa shape index (κ3) is 1.42. The Hall–Kier alpha value is -1.97. The molecule has 1 heterocycles. The highest BCUT2D eigenvalue weighted by atomic mass is 19.1. The molecule has 3 nitrogen and oxygen atoms in total. The number of imidazole rings is 1. The topological polar surface area (TPSA) is 45.8 Å². The van der Waals surface area contributed by atoms with Crippen molar-refractivity contribution in [2.75, 3.05) is 0 Å². The summed E-state index contributed by atoms with van der Waals surface area (Å²) < 4.78 is 12.9. The molecule has 0 aliphatic carbocycles. The van der Waals surface area contributed by atoms with E-state index in [-0.39, 0.29) is 5.82 Å². The van der Waals surface area contributed by atoms with Gasteiger partial charge in [0.05, 0.1) is 12.0 Å². The summed E-state index contributed by atoms with van der Waals surface area (Å²) in [5.74, 6) is -0.345. The monoisotopic (exact) mass is 190 g/mol. The molecule has 0 unspecified atom stereocenters. The van der Waals surface area contributed by atoms with Crippen LogP contribution in [0.2, 0.25) is 0 Å². The lowest BCUT2D eigenvalue weighted by Gasteiger charge is -1.97. The first-order valence-corrected chi connectivity index (χ1v) is 4.06. The molecule has 4 heteroatoms. The summed E-state index contributed by atoms with van der Waals surface area (Å²) in [6.07, 6.45) is 2.07. The smallest absolute Gasteiger partial charge is 0.168 e. The van der Waals surface area contributed by atoms with Gasteiger partial charge in [-0.05, 0) is 12.1 Å². The van der Waals surface area contributed by atoms with Crippen LogP contribution in [0.4, 0.5) is 4.39 Å². The quantitative estimate of drug-likeness (QED) is 0.736. The van der Waals surface area contributed by atoms with E-state index in [2.05, 4.69) is 9.97 Å². The number of carbonyl (C=O) groups is 1. The lowest BCUT2D eigenvalue weighted by atomic mass is 10.1. The van der Waals surface area contributed by atoms with Crippen molar-refractivity contribution in [2.24, 2.45) is 0 Å². The first-order chi connectivity index (χ1) is 6.81. The van der Waals surface area contributed by atoms with Crippen LogP contribution in [0.15, 0.2) is 30.6 Å². The minimum absolute atomic E-state index is 0.345. The van der Waals surface area contributed by atoms with Gasteiger partial charge >= 0.3 is 0 Å². The van der Waals surface area contributed by atoms with Crippen molar-refractivity contribution in [1.29, 1.82) is 0 Å². The van der Waals surface area contributed by atoms with Gasteiger partial charge in [0.2, 0.25) is 0 Å². The van der Waals surface area contributed by atoms with Crippen LogP contribution in [-0.4, -0.2) is 16.3 Å². The number of aldehydes is 1. The zero-order valence-corrected chi connectivity index (χ0v) is 7.20. The van der Waals surface area contributed by atoms with Crippen molar-refractivity contribution < 1.29 is 9.18 Å². The Kier molecular flexibility index (Phi) is 2.10. The number of aromatic amines is 1. The van der Waals surface area contributed by atoms with Gasteiger partial charge in [-0.3, -0.25) is 4.79 Å². The Labute approximate surface area is 79.6 Å². The van der Waals surface area contributed by atoms with Crippen molar-refractivity contribution in [3.8, 4) is 11.3 Å². The fourth-order valence-corrected chi connectivity index (χ4v) is 1.26. The minimum atomic E-state index is -0.345. The van der Waals surface area contributed by atoms with E-state index in [0.29, 0.717) is 23.2 Å². The third-order valence-corrected chi connectivity index (χ3v) is 1.88. The van der Waals surface area contributed by atoms with Crippen molar-refractivity contribution in [2.45, 2.75) is 0 Å². The summed E-state index contributed by atoms with van der Waals surface area (Å²) in [6, 6.07) is 5.96. The lowest BCUT2D eigenvalue weighted by Crippen LogP contribution is -1.86. The predicted molar refractivity (Wildman–Crippen MR) is 49.4 cm³/mol. The number of hydrogen-bond acceptors (Lipinski definition) is 2. The van der Waals surface area contributed by atoms with Gasteiger partial charge < -0.3 is 4.98 Å². The fraction of sp³-hybridized carbons (Fsp3) is 0. The van der Waals surface area contributed by atoms with Gasteiger partial charge in [-0.2, -0.15) is 0 Å². The second-order valence-corrected chi connectivity index (χ2v) is 2.79. The van der Waals surface area contributed by atoms with Gasteiger partial charge in [0.15, 0.2) is 6.29 Å². The molecule has 0 fully saturated rings. The number of nitrogens with one attached hydrogen (secondary N) is 1. The van der Waals surface area contributed by atoms with Gasteiger partial charge in [-0.25, -0.2) is 9.37 Å². The second-order valence-electron chi connectivity index (χ2n) is 2.79. The van der Waals surface area contributed by atoms with Crippen LogP contribution in [0.3, 0.4) is 0 Å². The SMILES string of the molecule is O=Cc1[nH]cnc1-c1cccc(F)c1. The van der Waals surface area contributed by atoms with E-state index in [1.54, 1.807) is 12.1 Å². The molecule has 1 N–H and O–H groups in total. The Balaban J connectivity index is 2.54. The van der Waals surface area contributed by atoms with Crippen LogP contribution >= 0.6 is 0 Å². The molecule has 0 amide bonds. The molecular formula is C10H7FN2O. The third-order valence-electron chi connectivity index (χ3n) is 1.88. The Bertz CT molecular complexity index is 465. The summed E-state index contributed by atoms with van der Waals surface area (Å²) >= 11 is 0. The van der Waals surface area contributed by atoms with Gasteiger partial charge in [-0.1, -0.05) is 12.1 Å². The molecule has 0 aliphatic rings. The van der Waals surface area contributed by atoms with Crippen LogP contribution in [0.1, 0.15) is 10.5 Å². The summed E-state index contributed by atoms with van der Waals surface area (Å²) in [6.45, 7) is 0. The maximum absolute atomic E-state index is 12.9. The van der Waals surface area contributed by atoms with E-state index in [1.807, 2.05) is 0 Å². The molecule has 0 bridgehead atoms. The first kappa shape index (κ1) is 8.62. The average molecular weight is 190 g/mol. The van der Waals surface area contributed by atoms with Crippen molar-refractivity contribution in [3.63, 3.8) is 0 Å². The largest absolute Gasteiger partial charge is 0.342 e. The molecule has 0 aliphatic heterocycles. The summed E-state index contributed by atoms with van der Waals surface area (Å²) in [4.78, 5) is 17.2. The Morgan fingerprint density at radius 2 is 2.29 bits per heavy atom. The van der Waals surface area contributed by atoms with E-state index >= 15 is 0 Å². The number of hydrogen-bond donors (Lipinski definition) is 1. The van der Waals surface area contributed by atoms with Crippen LogP contribution in [0.5, 0.6) is 0 Å². The van der Waals surface area contributed by atoms with Crippen LogP contribution in [0, 0.1) is 5.82 Å². The van der Waals surface area contributed by atoms with Crippen LogP contribution < -0.4 is 0 Å². The summed E-state index contributed by atoms with van der Waals surface area (Å²) in [5, 5.41) is 0. The van der Waals surface area contributed by atoms with Crippen molar-refractivity contribution in [3.05, 3.63) is 42.1 Å². The molecule has 14 heavy (non-hydrogen) atoms. The fourth-order valence-electron chi connectivity index (χ4n) is 1.26. The van der Waals surface area contributed by atoms with E-state index in [9.17, 15) is 9.18 Å². The molecule has 0 radical (unpaired) electrons. The Morgan fingerprint density at radius 3 is 3.00 bits per heavy atom. The Morgan fingerprint density at radius 1 is 1.43 bits per heavy atom. The molecule has 1 aromatic carbocycles. The molecule has 0 spiro atoms. The van der Waals surface area contributed by atoms with E-state index in [4.69, 9.17) is 0 Å². The number of carbonyl (C=O) groups excluding carboxylic acids is 1. The maximum atomic E-state index is 12.9. The van der Waals surface area contributed by atoms with Gasteiger partial charge in [0.25, 0.3) is 0 Å². The number of nitrogens with zero attached hydrogens (tertiary/aromatic N) is 1. The standard InChI is InChI=1S/C10H7FN2O/c11-8-3-1-2-7(4-8)10-9(5-14)12-6-13-10/h1-6H,(H,12,13). The highest BCUT2D eigenvalue weighted by molar-refractivity contribution is 5.83. The van der Waals surface area contributed by atoms with Crippen molar-refractivity contribution in [1.82, 2.24) is 9.97 Å². The zero-order chi connectivity index (χ0) is 9.97. The normalized spacial score (nSPS) is 10.1.